The third-order valence-electron chi connectivity index (χ3n) is 8.06. The van der Waals surface area contributed by atoms with E-state index in [1.807, 2.05) is 36.4 Å². The zero-order chi connectivity index (χ0) is 23.7. The Morgan fingerprint density at radius 2 is 1.34 bits per heavy atom. The number of amides is 2. The summed E-state index contributed by atoms with van der Waals surface area (Å²) in [5.41, 5.74) is 4.25. The molecule has 35 heavy (non-hydrogen) atoms. The maximum atomic E-state index is 13.3. The summed E-state index contributed by atoms with van der Waals surface area (Å²) in [6, 6.07) is 11.2. The normalized spacial score (nSPS) is 20.5. The van der Waals surface area contributed by atoms with Gasteiger partial charge in [0.05, 0.1) is 47.9 Å². The largest absolute Gasteiger partial charge is 0.497 e. The fourth-order valence-electron chi connectivity index (χ4n) is 6.74. The van der Waals surface area contributed by atoms with Crippen LogP contribution in [0.4, 0.5) is 0 Å². The first kappa shape index (κ1) is 19.0. The summed E-state index contributed by atoms with van der Waals surface area (Å²) in [6.07, 6.45) is 1.09. The third-order valence-corrected chi connectivity index (χ3v) is 8.06. The van der Waals surface area contributed by atoms with E-state index >= 15 is 0 Å². The number of rotatable bonds is 2. The Bertz CT molecular complexity index is 1880. The number of hydrogen-bond donors (Lipinski definition) is 1. The molecule has 2 bridgehead atoms. The summed E-state index contributed by atoms with van der Waals surface area (Å²) in [6.45, 7) is 0. The standard InChI is InChI=1S/C27H19N3O5/c1-34-12-3-5-16-14(9-12)20-22-23(27(33)28-26(22)32)21-15-10-13(35-2)4-6-17(15)30-18-7-11(8-19(18)31)29(16)24(20)25(21)30/h3-6,9-11,18H,7-8H2,1-2H3,(H,28,32,33). The van der Waals surface area contributed by atoms with Crippen LogP contribution in [0, 0.1) is 0 Å². The first-order chi connectivity index (χ1) is 17.0. The molecule has 1 fully saturated rings. The van der Waals surface area contributed by atoms with E-state index in [4.69, 9.17) is 9.47 Å². The number of carbonyl (C=O) groups excluding carboxylic acids is 3. The molecule has 2 aromatic heterocycles. The Balaban J connectivity index is 1.75. The second-order valence-corrected chi connectivity index (χ2v) is 9.56. The van der Waals surface area contributed by atoms with E-state index in [0.717, 1.165) is 38.2 Å². The van der Waals surface area contributed by atoms with E-state index in [1.54, 1.807) is 14.2 Å². The minimum absolute atomic E-state index is 0.0319. The Morgan fingerprint density at radius 1 is 0.800 bits per heavy atom. The molecule has 8 rings (SSSR count). The molecule has 3 aromatic carbocycles. The van der Waals surface area contributed by atoms with Crippen LogP contribution in [-0.4, -0.2) is 41.0 Å². The van der Waals surface area contributed by atoms with E-state index in [2.05, 4.69) is 14.5 Å². The summed E-state index contributed by atoms with van der Waals surface area (Å²) in [5.74, 6) is 0.673. The first-order valence-electron chi connectivity index (χ1n) is 11.6. The van der Waals surface area contributed by atoms with Crippen molar-refractivity contribution < 1.29 is 23.9 Å². The van der Waals surface area contributed by atoms with Crippen molar-refractivity contribution in [1.29, 1.82) is 0 Å². The third kappa shape index (κ3) is 2.03. The fraction of sp³-hybridized carbons (Fsp3) is 0.222. The zero-order valence-corrected chi connectivity index (χ0v) is 19.0. The van der Waals surface area contributed by atoms with Crippen molar-refractivity contribution in [2.45, 2.75) is 24.9 Å². The van der Waals surface area contributed by atoms with Crippen LogP contribution in [0.3, 0.4) is 0 Å². The van der Waals surface area contributed by atoms with Gasteiger partial charge in [0.15, 0.2) is 5.78 Å². The molecule has 2 amide bonds. The van der Waals surface area contributed by atoms with Gasteiger partial charge in [0.25, 0.3) is 11.8 Å². The molecule has 2 atom stereocenters. The summed E-state index contributed by atoms with van der Waals surface area (Å²) in [7, 11) is 3.20. The summed E-state index contributed by atoms with van der Waals surface area (Å²) in [5, 5.41) is 5.60. The summed E-state index contributed by atoms with van der Waals surface area (Å²) in [4.78, 5) is 39.9. The highest BCUT2D eigenvalue weighted by Gasteiger charge is 2.44. The molecule has 5 aromatic rings. The van der Waals surface area contributed by atoms with Crippen molar-refractivity contribution in [3.8, 4) is 11.5 Å². The molecule has 3 aliphatic rings. The minimum Gasteiger partial charge on any atom is -0.497 e. The Hall–Kier alpha value is -4.33. The summed E-state index contributed by atoms with van der Waals surface area (Å²) >= 11 is 0. The number of imide groups is 1. The van der Waals surface area contributed by atoms with Crippen LogP contribution in [0.1, 0.15) is 45.6 Å². The SMILES string of the molecule is COc1ccc2c(c1)c1c3c(c4c5cc(OC)ccc5n5c4c1n2C1CC(=O)C5C1)C(=O)NC3=O. The van der Waals surface area contributed by atoms with Crippen LogP contribution in [0.5, 0.6) is 11.5 Å². The molecule has 0 spiro atoms. The van der Waals surface area contributed by atoms with Gasteiger partial charge in [-0.3, -0.25) is 19.7 Å². The smallest absolute Gasteiger partial charge is 0.259 e. The molecule has 0 saturated heterocycles. The molecule has 1 saturated carbocycles. The second-order valence-electron chi connectivity index (χ2n) is 9.56. The first-order valence-corrected chi connectivity index (χ1v) is 11.6. The van der Waals surface area contributed by atoms with E-state index in [9.17, 15) is 14.4 Å². The van der Waals surface area contributed by atoms with Crippen LogP contribution >= 0.6 is 0 Å². The van der Waals surface area contributed by atoms with Crippen LogP contribution in [0.25, 0.3) is 43.6 Å². The predicted octanol–water partition coefficient (Wildman–Crippen LogP) is 4.26. The molecule has 1 aliphatic carbocycles. The number of Topliss-reactive ketones (excluding diaryl/α,β-unsaturated/α-hetero) is 1. The Labute approximate surface area is 198 Å². The maximum Gasteiger partial charge on any atom is 0.259 e. The number of nitrogens with one attached hydrogen (secondary N) is 1. The second kappa shape index (κ2) is 6.02. The molecule has 8 heteroatoms. The van der Waals surface area contributed by atoms with Crippen LogP contribution in [-0.2, 0) is 4.79 Å². The van der Waals surface area contributed by atoms with Crippen molar-refractivity contribution in [2.24, 2.45) is 0 Å². The van der Waals surface area contributed by atoms with Crippen molar-refractivity contribution in [2.75, 3.05) is 14.2 Å². The van der Waals surface area contributed by atoms with E-state index in [0.29, 0.717) is 40.9 Å². The molecule has 8 nitrogen and oxygen atoms in total. The molecule has 172 valence electrons. The number of nitrogens with zero attached hydrogens (tertiary/aromatic N) is 2. The van der Waals surface area contributed by atoms with Crippen molar-refractivity contribution in [1.82, 2.24) is 14.5 Å². The zero-order valence-electron chi connectivity index (χ0n) is 19.0. The molecule has 2 aliphatic heterocycles. The lowest BCUT2D eigenvalue weighted by Crippen LogP contribution is -2.20. The van der Waals surface area contributed by atoms with Crippen molar-refractivity contribution in [3.05, 3.63) is 47.5 Å². The van der Waals surface area contributed by atoms with Gasteiger partial charge in [-0.1, -0.05) is 0 Å². The van der Waals surface area contributed by atoms with Gasteiger partial charge >= 0.3 is 0 Å². The average Bonchev–Trinajstić information content (AvgIpc) is 3.54. The molecular formula is C27H19N3O5. The van der Waals surface area contributed by atoms with Gasteiger partial charge in [0.2, 0.25) is 0 Å². The van der Waals surface area contributed by atoms with Gasteiger partial charge in [0.1, 0.15) is 11.5 Å². The molecule has 1 N–H and O–H groups in total. The Kier molecular flexibility index (Phi) is 3.27. The van der Waals surface area contributed by atoms with Gasteiger partial charge < -0.3 is 18.6 Å². The lowest BCUT2D eigenvalue weighted by atomic mass is 9.96. The van der Waals surface area contributed by atoms with Crippen LogP contribution in [0.2, 0.25) is 0 Å². The highest BCUT2D eigenvalue weighted by molar-refractivity contribution is 6.39. The number of benzene rings is 3. The minimum atomic E-state index is -0.418. The number of fused-ring (bicyclic) bond motifs is 13. The lowest BCUT2D eigenvalue weighted by Gasteiger charge is -2.15. The molecule has 4 heterocycles. The highest BCUT2D eigenvalue weighted by Crippen LogP contribution is 2.53. The number of aromatic nitrogens is 2. The number of methoxy groups -OCH3 is 2. The van der Waals surface area contributed by atoms with E-state index in [1.165, 1.54) is 0 Å². The van der Waals surface area contributed by atoms with E-state index in [-0.39, 0.29) is 17.9 Å². The molecule has 2 unspecified atom stereocenters. The highest BCUT2D eigenvalue weighted by atomic mass is 16.5. The van der Waals surface area contributed by atoms with Gasteiger partial charge in [-0.05, 0) is 42.8 Å². The monoisotopic (exact) mass is 465 g/mol. The fourth-order valence-corrected chi connectivity index (χ4v) is 6.74. The van der Waals surface area contributed by atoms with Crippen molar-refractivity contribution >= 4 is 61.2 Å². The van der Waals surface area contributed by atoms with Crippen molar-refractivity contribution in [3.63, 3.8) is 0 Å². The number of ketones is 1. The van der Waals surface area contributed by atoms with Gasteiger partial charge in [-0.25, -0.2) is 0 Å². The number of carbonyl (C=O) groups is 3. The van der Waals surface area contributed by atoms with Crippen LogP contribution < -0.4 is 14.8 Å². The van der Waals surface area contributed by atoms with Gasteiger partial charge in [-0.15, -0.1) is 0 Å². The number of hydrogen-bond acceptors (Lipinski definition) is 5. The van der Waals surface area contributed by atoms with Gasteiger partial charge in [0, 0.05) is 39.5 Å². The number of ether oxygens (including phenoxy) is 2. The van der Waals surface area contributed by atoms with Gasteiger partial charge in [-0.2, -0.15) is 0 Å². The van der Waals surface area contributed by atoms with Crippen LogP contribution in [0.15, 0.2) is 36.4 Å². The maximum absolute atomic E-state index is 13.3. The lowest BCUT2D eigenvalue weighted by molar-refractivity contribution is -0.120. The topological polar surface area (TPSA) is 91.6 Å². The predicted molar refractivity (Wildman–Crippen MR) is 130 cm³/mol. The van der Waals surface area contributed by atoms with E-state index < -0.39 is 11.8 Å². The average molecular weight is 465 g/mol. The Morgan fingerprint density at radius 3 is 1.91 bits per heavy atom. The molecule has 0 radical (unpaired) electrons. The summed E-state index contributed by atoms with van der Waals surface area (Å²) < 4.78 is 15.3. The molecular weight excluding hydrogens is 446 g/mol. The quantitative estimate of drug-likeness (QED) is 0.394.